The van der Waals surface area contributed by atoms with Crippen LogP contribution in [0.4, 0.5) is 5.69 Å². The fourth-order valence-corrected chi connectivity index (χ4v) is 3.03. The Morgan fingerprint density at radius 2 is 2.25 bits per heavy atom. The van der Waals surface area contributed by atoms with E-state index in [1.807, 2.05) is 0 Å². The second kappa shape index (κ2) is 6.27. The SMILES string of the molecule is NC(=NCC1CCOC1)Nc1cccc2c1CCCC2. The van der Waals surface area contributed by atoms with E-state index < -0.39 is 0 Å². The summed E-state index contributed by atoms with van der Waals surface area (Å²) >= 11 is 0. The maximum atomic E-state index is 6.02. The molecule has 0 bridgehead atoms. The maximum absolute atomic E-state index is 6.02. The van der Waals surface area contributed by atoms with Gasteiger partial charge in [-0.1, -0.05) is 12.1 Å². The summed E-state index contributed by atoms with van der Waals surface area (Å²) in [7, 11) is 0. The van der Waals surface area contributed by atoms with E-state index >= 15 is 0 Å². The number of hydrogen-bond donors (Lipinski definition) is 2. The first-order chi connectivity index (χ1) is 9.83. The molecular weight excluding hydrogens is 250 g/mol. The van der Waals surface area contributed by atoms with Crippen LogP contribution >= 0.6 is 0 Å². The van der Waals surface area contributed by atoms with Gasteiger partial charge in [-0.25, -0.2) is 0 Å². The zero-order valence-electron chi connectivity index (χ0n) is 11.9. The molecule has 108 valence electrons. The highest BCUT2D eigenvalue weighted by Crippen LogP contribution is 2.27. The zero-order chi connectivity index (χ0) is 13.8. The van der Waals surface area contributed by atoms with Crippen LogP contribution in [0.25, 0.3) is 0 Å². The van der Waals surface area contributed by atoms with Crippen molar-refractivity contribution in [1.29, 1.82) is 0 Å². The molecular formula is C16H23N3O. The van der Waals surface area contributed by atoms with Crippen molar-refractivity contribution in [3.05, 3.63) is 29.3 Å². The van der Waals surface area contributed by atoms with E-state index in [1.54, 1.807) is 0 Å². The molecule has 1 aromatic rings. The second-order valence-electron chi connectivity index (χ2n) is 5.73. The number of aliphatic imine (C=N–C) groups is 1. The molecule has 1 saturated heterocycles. The predicted octanol–water partition coefficient (Wildman–Crippen LogP) is 2.33. The second-order valence-corrected chi connectivity index (χ2v) is 5.73. The van der Waals surface area contributed by atoms with Gasteiger partial charge >= 0.3 is 0 Å². The standard InChI is InChI=1S/C16H23N3O/c17-16(18-10-12-8-9-20-11-12)19-15-7-3-5-13-4-1-2-6-14(13)15/h3,5,7,12H,1-2,4,6,8-11H2,(H3,17,18,19). The molecule has 1 unspecified atom stereocenters. The molecule has 1 aliphatic heterocycles. The van der Waals surface area contributed by atoms with Crippen LogP contribution in [-0.4, -0.2) is 25.7 Å². The number of nitrogens with zero attached hydrogens (tertiary/aromatic N) is 1. The third-order valence-corrected chi connectivity index (χ3v) is 4.20. The number of benzene rings is 1. The third kappa shape index (κ3) is 3.12. The number of fused-ring (bicyclic) bond motifs is 1. The van der Waals surface area contributed by atoms with Crippen molar-refractivity contribution in [3.8, 4) is 0 Å². The monoisotopic (exact) mass is 273 g/mol. The minimum Gasteiger partial charge on any atom is -0.381 e. The summed E-state index contributed by atoms with van der Waals surface area (Å²) in [6.45, 7) is 2.44. The summed E-state index contributed by atoms with van der Waals surface area (Å²) in [5.74, 6) is 1.05. The first kappa shape index (κ1) is 13.4. The van der Waals surface area contributed by atoms with Gasteiger partial charge in [-0.15, -0.1) is 0 Å². The summed E-state index contributed by atoms with van der Waals surface area (Å²) in [5.41, 5.74) is 10.0. The summed E-state index contributed by atoms with van der Waals surface area (Å²) in [5, 5.41) is 3.28. The van der Waals surface area contributed by atoms with Crippen LogP contribution in [0.2, 0.25) is 0 Å². The Balaban J connectivity index is 1.66. The largest absolute Gasteiger partial charge is 0.381 e. The Labute approximate surface area is 120 Å². The molecule has 3 rings (SSSR count). The van der Waals surface area contributed by atoms with Crippen LogP contribution in [0.15, 0.2) is 23.2 Å². The lowest BCUT2D eigenvalue weighted by Crippen LogP contribution is -2.25. The van der Waals surface area contributed by atoms with Gasteiger partial charge in [0.25, 0.3) is 0 Å². The number of nitrogens with one attached hydrogen (secondary N) is 1. The molecule has 0 saturated carbocycles. The molecule has 1 aromatic carbocycles. The lowest BCUT2D eigenvalue weighted by atomic mass is 9.90. The highest BCUT2D eigenvalue weighted by molar-refractivity contribution is 5.93. The number of hydrogen-bond acceptors (Lipinski definition) is 2. The van der Waals surface area contributed by atoms with Gasteiger partial charge in [0, 0.05) is 24.8 Å². The molecule has 20 heavy (non-hydrogen) atoms. The molecule has 1 aliphatic carbocycles. The minimum absolute atomic E-state index is 0.524. The topological polar surface area (TPSA) is 59.6 Å². The first-order valence-corrected chi connectivity index (χ1v) is 7.58. The Morgan fingerprint density at radius 1 is 1.35 bits per heavy atom. The van der Waals surface area contributed by atoms with Crippen molar-refractivity contribution in [2.24, 2.45) is 16.6 Å². The molecule has 0 radical (unpaired) electrons. The lowest BCUT2D eigenvalue weighted by Gasteiger charge is -2.20. The van der Waals surface area contributed by atoms with Crippen molar-refractivity contribution >= 4 is 11.6 Å². The molecule has 1 fully saturated rings. The van der Waals surface area contributed by atoms with E-state index in [0.717, 1.165) is 38.3 Å². The van der Waals surface area contributed by atoms with Crippen molar-refractivity contribution in [2.45, 2.75) is 32.1 Å². The van der Waals surface area contributed by atoms with Gasteiger partial charge in [-0.3, -0.25) is 4.99 Å². The number of ether oxygens (including phenoxy) is 1. The van der Waals surface area contributed by atoms with Crippen LogP contribution in [0.1, 0.15) is 30.4 Å². The molecule has 3 N–H and O–H groups in total. The molecule has 4 heteroatoms. The van der Waals surface area contributed by atoms with E-state index in [-0.39, 0.29) is 0 Å². The molecule has 1 heterocycles. The van der Waals surface area contributed by atoms with Gasteiger partial charge in [-0.2, -0.15) is 0 Å². The Bertz CT molecular complexity index is 492. The van der Waals surface area contributed by atoms with E-state index in [4.69, 9.17) is 10.5 Å². The van der Waals surface area contributed by atoms with Gasteiger partial charge in [0.2, 0.25) is 0 Å². The van der Waals surface area contributed by atoms with Gasteiger partial charge in [-0.05, 0) is 49.3 Å². The number of guanidine groups is 1. The van der Waals surface area contributed by atoms with Gasteiger partial charge < -0.3 is 15.8 Å². The first-order valence-electron chi connectivity index (χ1n) is 7.58. The van der Waals surface area contributed by atoms with Crippen molar-refractivity contribution in [2.75, 3.05) is 25.1 Å². The van der Waals surface area contributed by atoms with Crippen LogP contribution in [0.3, 0.4) is 0 Å². The molecule has 0 spiro atoms. The zero-order valence-corrected chi connectivity index (χ0v) is 11.9. The number of rotatable bonds is 3. The summed E-state index contributed by atoms with van der Waals surface area (Å²) in [6, 6.07) is 6.43. The van der Waals surface area contributed by atoms with Crippen LogP contribution in [-0.2, 0) is 17.6 Å². The molecule has 0 aromatic heterocycles. The smallest absolute Gasteiger partial charge is 0.193 e. The lowest BCUT2D eigenvalue weighted by molar-refractivity contribution is 0.187. The summed E-state index contributed by atoms with van der Waals surface area (Å²) in [4.78, 5) is 4.45. The number of anilines is 1. The number of nitrogens with two attached hydrogens (primary N) is 1. The van der Waals surface area contributed by atoms with Crippen molar-refractivity contribution in [3.63, 3.8) is 0 Å². The molecule has 4 nitrogen and oxygen atoms in total. The van der Waals surface area contributed by atoms with E-state index in [9.17, 15) is 0 Å². The fourth-order valence-electron chi connectivity index (χ4n) is 3.03. The fraction of sp³-hybridized carbons (Fsp3) is 0.562. The molecule has 0 amide bonds. The summed E-state index contributed by atoms with van der Waals surface area (Å²) < 4.78 is 5.35. The Hall–Kier alpha value is -1.55. The van der Waals surface area contributed by atoms with Gasteiger partial charge in [0.1, 0.15) is 0 Å². The van der Waals surface area contributed by atoms with Crippen LogP contribution < -0.4 is 11.1 Å². The number of aryl methyl sites for hydroxylation is 1. The average molecular weight is 273 g/mol. The Morgan fingerprint density at radius 3 is 3.10 bits per heavy atom. The normalized spacial score (nSPS) is 22.6. The molecule has 1 atom stereocenters. The minimum atomic E-state index is 0.524. The average Bonchev–Trinajstić information content (AvgIpc) is 2.99. The quantitative estimate of drug-likeness (QED) is 0.656. The van der Waals surface area contributed by atoms with E-state index in [2.05, 4.69) is 28.5 Å². The van der Waals surface area contributed by atoms with Crippen LogP contribution in [0, 0.1) is 5.92 Å². The Kier molecular flexibility index (Phi) is 4.21. The maximum Gasteiger partial charge on any atom is 0.193 e. The van der Waals surface area contributed by atoms with Crippen molar-refractivity contribution < 1.29 is 4.74 Å². The van der Waals surface area contributed by atoms with E-state index in [0.29, 0.717) is 11.9 Å². The summed E-state index contributed by atoms with van der Waals surface area (Å²) in [6.07, 6.45) is 5.98. The highest BCUT2D eigenvalue weighted by atomic mass is 16.5. The molecule has 2 aliphatic rings. The van der Waals surface area contributed by atoms with Gasteiger partial charge in [0.15, 0.2) is 5.96 Å². The van der Waals surface area contributed by atoms with E-state index in [1.165, 1.54) is 30.4 Å². The van der Waals surface area contributed by atoms with Gasteiger partial charge in [0.05, 0.1) is 6.61 Å². The van der Waals surface area contributed by atoms with Crippen LogP contribution in [0.5, 0.6) is 0 Å². The third-order valence-electron chi connectivity index (χ3n) is 4.20. The van der Waals surface area contributed by atoms with Crippen molar-refractivity contribution in [1.82, 2.24) is 0 Å². The predicted molar refractivity (Wildman–Crippen MR) is 82.1 cm³/mol. The highest BCUT2D eigenvalue weighted by Gasteiger charge is 2.16.